The Hall–Kier alpha value is -3.09. The smallest absolute Gasteiger partial charge is 0.200 e. The maximum absolute atomic E-state index is 13.4. The van der Waals surface area contributed by atoms with Gasteiger partial charge < -0.3 is 0 Å². The quantitative estimate of drug-likeness (QED) is 0.481. The van der Waals surface area contributed by atoms with E-state index in [0.717, 1.165) is 11.3 Å². The molecule has 1 N–H and O–H groups in total. The van der Waals surface area contributed by atoms with Crippen LogP contribution in [0.2, 0.25) is 0 Å². The summed E-state index contributed by atoms with van der Waals surface area (Å²) in [6, 6.07) is 16.2. The molecular weight excluding hydrogens is 434 g/mol. The van der Waals surface area contributed by atoms with Crippen LogP contribution in [0.1, 0.15) is 0 Å². The summed E-state index contributed by atoms with van der Waals surface area (Å²) in [6.45, 7) is 0. The highest BCUT2D eigenvalue weighted by molar-refractivity contribution is 8.11. The Morgan fingerprint density at radius 1 is 0.862 bits per heavy atom. The maximum atomic E-state index is 13.4. The lowest BCUT2D eigenvalue weighted by atomic mass is 10.2. The van der Waals surface area contributed by atoms with Gasteiger partial charge in [0, 0.05) is 5.56 Å². The van der Waals surface area contributed by atoms with E-state index in [4.69, 9.17) is 0 Å². The van der Waals surface area contributed by atoms with Gasteiger partial charge >= 0.3 is 0 Å². The Labute approximate surface area is 170 Å². The molecule has 0 fully saturated rings. The van der Waals surface area contributed by atoms with Crippen molar-refractivity contribution in [2.75, 3.05) is 3.71 Å². The molecule has 2 aromatic heterocycles. The van der Waals surface area contributed by atoms with Crippen LogP contribution in [0.5, 0.6) is 0 Å². The summed E-state index contributed by atoms with van der Waals surface area (Å²) in [7, 11) is -8.84. The van der Waals surface area contributed by atoms with Crippen molar-refractivity contribution < 1.29 is 16.8 Å². The molecule has 0 saturated heterocycles. The third kappa shape index (κ3) is 3.52. The number of thiophene rings is 1. The zero-order chi connectivity index (χ0) is 20.5. The Balaban J connectivity index is 1.94. The first-order valence-corrected chi connectivity index (χ1v) is 11.9. The molecule has 2 heterocycles. The van der Waals surface area contributed by atoms with E-state index in [1.54, 1.807) is 23.6 Å². The van der Waals surface area contributed by atoms with E-state index in [1.807, 2.05) is 0 Å². The Kier molecular flexibility index (Phi) is 4.90. The van der Waals surface area contributed by atoms with Gasteiger partial charge in [0.2, 0.25) is 5.82 Å². The molecule has 0 aliphatic carbocycles. The third-order valence-corrected chi connectivity index (χ3v) is 9.45. The average molecular weight is 448 g/mol. The van der Waals surface area contributed by atoms with Crippen molar-refractivity contribution in [1.82, 2.24) is 20.6 Å². The van der Waals surface area contributed by atoms with Gasteiger partial charge in [-0.05, 0) is 40.9 Å². The largest absolute Gasteiger partial charge is 0.287 e. The Bertz CT molecular complexity index is 1320. The summed E-state index contributed by atoms with van der Waals surface area (Å²) in [5.41, 5.74) is 0.343. The van der Waals surface area contributed by atoms with Crippen molar-refractivity contribution in [3.8, 4) is 11.4 Å². The molecule has 29 heavy (non-hydrogen) atoms. The van der Waals surface area contributed by atoms with Crippen LogP contribution in [0, 0.1) is 0 Å². The fourth-order valence-corrected chi connectivity index (χ4v) is 7.52. The SMILES string of the molecule is O=S(=O)(c1ccccc1)N(c1cccc(-c2nn[nH]n2)c1)S(=O)(=O)c1cccs1. The molecule has 12 heteroatoms. The first kappa shape index (κ1) is 19.2. The summed E-state index contributed by atoms with van der Waals surface area (Å²) in [6.07, 6.45) is 0. The molecule has 0 saturated carbocycles. The highest BCUT2D eigenvalue weighted by Crippen LogP contribution is 2.34. The summed E-state index contributed by atoms with van der Waals surface area (Å²) in [5, 5.41) is 15.1. The summed E-state index contributed by atoms with van der Waals surface area (Å²) >= 11 is 0.932. The number of sulfonamides is 2. The van der Waals surface area contributed by atoms with Gasteiger partial charge in [0.05, 0.1) is 10.6 Å². The monoisotopic (exact) mass is 447 g/mol. The number of hydrogen-bond acceptors (Lipinski definition) is 8. The van der Waals surface area contributed by atoms with Crippen molar-refractivity contribution in [3.05, 3.63) is 72.1 Å². The summed E-state index contributed by atoms with van der Waals surface area (Å²) < 4.78 is 53.7. The van der Waals surface area contributed by atoms with E-state index >= 15 is 0 Å². The standard InChI is InChI=1S/C17H13N5O4S3/c23-28(24,15-8-2-1-3-9-15)22(29(25,26)16-10-5-11-27-16)14-7-4-6-13(12-14)17-18-20-21-19-17/h1-12H,(H,18,19,20,21). The highest BCUT2D eigenvalue weighted by atomic mass is 32.3. The van der Waals surface area contributed by atoms with Gasteiger partial charge in [0.15, 0.2) is 0 Å². The Morgan fingerprint density at radius 2 is 1.66 bits per heavy atom. The van der Waals surface area contributed by atoms with Crippen LogP contribution in [0.3, 0.4) is 0 Å². The normalized spacial score (nSPS) is 12.0. The van der Waals surface area contributed by atoms with E-state index in [-0.39, 0.29) is 20.6 Å². The molecule has 0 bridgehead atoms. The van der Waals surface area contributed by atoms with E-state index in [0.29, 0.717) is 9.27 Å². The van der Waals surface area contributed by atoms with Gasteiger partial charge in [-0.1, -0.05) is 36.4 Å². The minimum absolute atomic E-state index is 0.0652. The molecule has 0 spiro atoms. The average Bonchev–Trinajstić information content (AvgIpc) is 3.43. The molecule has 0 radical (unpaired) electrons. The number of aromatic amines is 1. The molecule has 0 aliphatic heterocycles. The van der Waals surface area contributed by atoms with Gasteiger partial charge in [-0.2, -0.15) is 17.3 Å². The van der Waals surface area contributed by atoms with Crippen molar-refractivity contribution in [2.45, 2.75) is 9.10 Å². The second-order valence-electron chi connectivity index (χ2n) is 5.74. The van der Waals surface area contributed by atoms with Crippen molar-refractivity contribution in [1.29, 1.82) is 0 Å². The van der Waals surface area contributed by atoms with Crippen LogP contribution in [0.4, 0.5) is 5.69 Å². The van der Waals surface area contributed by atoms with Crippen LogP contribution in [-0.4, -0.2) is 37.5 Å². The number of nitrogens with zero attached hydrogens (tertiary/aromatic N) is 4. The van der Waals surface area contributed by atoms with Gasteiger partial charge in [-0.15, -0.1) is 21.5 Å². The van der Waals surface area contributed by atoms with Crippen LogP contribution >= 0.6 is 11.3 Å². The van der Waals surface area contributed by atoms with Crippen LogP contribution in [-0.2, 0) is 20.0 Å². The minimum Gasteiger partial charge on any atom is -0.200 e. The predicted molar refractivity (Wildman–Crippen MR) is 107 cm³/mol. The van der Waals surface area contributed by atoms with Crippen molar-refractivity contribution in [3.63, 3.8) is 0 Å². The van der Waals surface area contributed by atoms with E-state index in [9.17, 15) is 16.8 Å². The van der Waals surface area contributed by atoms with E-state index < -0.39 is 20.0 Å². The van der Waals surface area contributed by atoms with Gasteiger partial charge in [0.25, 0.3) is 20.0 Å². The number of H-pyrrole nitrogens is 1. The molecule has 0 amide bonds. The topological polar surface area (TPSA) is 126 Å². The first-order chi connectivity index (χ1) is 13.9. The van der Waals surface area contributed by atoms with Crippen molar-refractivity contribution in [2.24, 2.45) is 0 Å². The maximum Gasteiger partial charge on any atom is 0.287 e. The van der Waals surface area contributed by atoms with Crippen molar-refractivity contribution >= 4 is 37.1 Å². The number of tetrazole rings is 1. The highest BCUT2D eigenvalue weighted by Gasteiger charge is 2.37. The zero-order valence-corrected chi connectivity index (χ0v) is 17.0. The molecule has 148 valence electrons. The zero-order valence-electron chi connectivity index (χ0n) is 14.6. The molecule has 9 nitrogen and oxygen atoms in total. The lowest BCUT2D eigenvalue weighted by Gasteiger charge is -2.23. The van der Waals surface area contributed by atoms with Crippen LogP contribution in [0.25, 0.3) is 11.4 Å². The molecule has 0 aliphatic rings. The van der Waals surface area contributed by atoms with Gasteiger partial charge in [-0.3, -0.25) is 0 Å². The molecule has 0 atom stereocenters. The van der Waals surface area contributed by atoms with Gasteiger partial charge in [0.1, 0.15) is 4.21 Å². The molecule has 4 aromatic rings. The van der Waals surface area contributed by atoms with Crippen LogP contribution < -0.4 is 3.71 Å². The summed E-state index contributed by atoms with van der Waals surface area (Å²) in [5.74, 6) is 0.206. The fourth-order valence-electron chi connectivity index (χ4n) is 2.63. The second-order valence-corrected chi connectivity index (χ2v) is 10.7. The number of nitrogens with one attached hydrogen (secondary N) is 1. The van der Waals surface area contributed by atoms with Crippen LogP contribution in [0.15, 0.2) is 81.2 Å². The van der Waals surface area contributed by atoms with E-state index in [2.05, 4.69) is 20.6 Å². The van der Waals surface area contributed by atoms with E-state index in [1.165, 1.54) is 48.5 Å². The molecule has 0 unspecified atom stereocenters. The molecule has 4 rings (SSSR count). The number of benzene rings is 2. The third-order valence-electron chi connectivity index (χ3n) is 3.89. The number of anilines is 1. The Morgan fingerprint density at radius 3 is 2.31 bits per heavy atom. The number of aromatic nitrogens is 4. The first-order valence-electron chi connectivity index (χ1n) is 8.14. The lowest BCUT2D eigenvalue weighted by molar-refractivity contribution is 0.585. The fraction of sp³-hybridized carbons (Fsp3) is 0. The second kappa shape index (κ2) is 7.39. The summed E-state index contributed by atoms with van der Waals surface area (Å²) in [4.78, 5) is -0.148. The minimum atomic E-state index is -4.44. The molecule has 2 aromatic carbocycles. The molecular formula is C17H13N5O4S3. The predicted octanol–water partition coefficient (Wildman–Crippen LogP) is 2.51. The number of rotatable bonds is 6. The lowest BCUT2D eigenvalue weighted by Crippen LogP contribution is -2.36. The van der Waals surface area contributed by atoms with Gasteiger partial charge in [-0.25, -0.2) is 8.42 Å². The number of hydrogen-bond donors (Lipinski definition) is 1.